The number of nitrogens with zero attached hydrogens (tertiary/aromatic N) is 2. The minimum Gasteiger partial charge on any atom is -0.365 e. The van der Waals surface area contributed by atoms with Crippen LogP contribution < -0.4 is 10.2 Å². The van der Waals surface area contributed by atoms with Crippen molar-refractivity contribution in [2.45, 2.75) is 0 Å². The first-order chi connectivity index (χ1) is 4.88. The van der Waals surface area contributed by atoms with Crippen LogP contribution in [0.25, 0.3) is 0 Å². The molecule has 0 unspecified atom stereocenters. The fourth-order valence-corrected chi connectivity index (χ4v) is 1.12. The third-order valence-electron chi connectivity index (χ3n) is 1.65. The molecule has 0 amide bonds. The Bertz CT molecular complexity index is 246. The van der Waals surface area contributed by atoms with Gasteiger partial charge in [0.25, 0.3) is 0 Å². The van der Waals surface area contributed by atoms with Crippen molar-refractivity contribution in [3.8, 4) is 0 Å². The molecule has 10 heavy (non-hydrogen) atoms. The molecule has 0 aromatic carbocycles. The molecule has 1 N–H and O–H groups in total. The summed E-state index contributed by atoms with van der Waals surface area (Å²) in [5, 5.41) is 3.21. The summed E-state index contributed by atoms with van der Waals surface area (Å²) in [6.07, 6.45) is 1.81. The molecule has 2 heterocycles. The molecule has 3 heteroatoms. The summed E-state index contributed by atoms with van der Waals surface area (Å²) in [6, 6.07) is 3.97. The third-order valence-corrected chi connectivity index (χ3v) is 1.65. The maximum absolute atomic E-state index is 4.20. The van der Waals surface area contributed by atoms with Gasteiger partial charge in [-0.05, 0) is 12.1 Å². The molecule has 0 fully saturated rings. The summed E-state index contributed by atoms with van der Waals surface area (Å²) in [6.45, 7) is 0.867. The Morgan fingerprint density at radius 2 is 2.60 bits per heavy atom. The first kappa shape index (κ1) is 5.53. The average molecular weight is 135 g/mol. The molecule has 0 saturated heterocycles. The van der Waals surface area contributed by atoms with E-state index in [-0.39, 0.29) is 0 Å². The summed E-state index contributed by atoms with van der Waals surface area (Å²) in [5.74, 6) is 1.04. The van der Waals surface area contributed by atoms with E-state index in [1.807, 2.05) is 25.4 Å². The summed E-state index contributed by atoms with van der Waals surface area (Å²) in [4.78, 5) is 6.28. The van der Waals surface area contributed by atoms with Crippen molar-refractivity contribution >= 4 is 11.5 Å². The molecule has 1 aliphatic rings. The number of nitrogens with one attached hydrogen (secondary N) is 1. The molecule has 0 saturated carbocycles. The van der Waals surface area contributed by atoms with E-state index < -0.39 is 0 Å². The van der Waals surface area contributed by atoms with Gasteiger partial charge in [-0.25, -0.2) is 4.98 Å². The fourth-order valence-electron chi connectivity index (χ4n) is 1.12. The maximum atomic E-state index is 4.20. The van der Waals surface area contributed by atoms with Gasteiger partial charge < -0.3 is 10.2 Å². The zero-order valence-electron chi connectivity index (χ0n) is 5.83. The molecule has 0 radical (unpaired) electrons. The number of fused-ring (bicyclic) bond motifs is 1. The van der Waals surface area contributed by atoms with Gasteiger partial charge in [0.2, 0.25) is 0 Å². The van der Waals surface area contributed by atoms with Crippen LogP contribution in [0.2, 0.25) is 0 Å². The van der Waals surface area contributed by atoms with Crippen molar-refractivity contribution in [3.05, 3.63) is 18.3 Å². The average Bonchev–Trinajstić information content (AvgIpc) is 2.34. The minimum atomic E-state index is 0.867. The topological polar surface area (TPSA) is 28.2 Å². The highest BCUT2D eigenvalue weighted by Crippen LogP contribution is 2.25. The lowest BCUT2D eigenvalue weighted by Crippen LogP contribution is -2.16. The van der Waals surface area contributed by atoms with Gasteiger partial charge in [0.15, 0.2) is 5.82 Å². The predicted molar refractivity (Wildman–Crippen MR) is 41.1 cm³/mol. The molecule has 3 nitrogen and oxygen atoms in total. The lowest BCUT2D eigenvalue weighted by Gasteiger charge is -2.06. The van der Waals surface area contributed by atoms with Gasteiger partial charge in [-0.3, -0.25) is 0 Å². The molecular formula is C7H9N3. The van der Waals surface area contributed by atoms with Crippen LogP contribution in [0, 0.1) is 0 Å². The van der Waals surface area contributed by atoms with E-state index in [1.54, 1.807) is 0 Å². The van der Waals surface area contributed by atoms with E-state index in [2.05, 4.69) is 15.2 Å². The van der Waals surface area contributed by atoms with Crippen LogP contribution in [-0.2, 0) is 0 Å². The highest BCUT2D eigenvalue weighted by atomic mass is 15.3. The second-order valence-electron chi connectivity index (χ2n) is 2.41. The zero-order valence-corrected chi connectivity index (χ0v) is 5.83. The Morgan fingerprint density at radius 3 is 3.40 bits per heavy atom. The summed E-state index contributed by atoms with van der Waals surface area (Å²) in [7, 11) is 2.02. The quantitative estimate of drug-likeness (QED) is 0.573. The van der Waals surface area contributed by atoms with Crippen LogP contribution in [0.1, 0.15) is 0 Å². The molecule has 2 rings (SSSR count). The number of anilines is 2. The molecule has 1 aromatic rings. The highest BCUT2D eigenvalue weighted by Gasteiger charge is 2.13. The van der Waals surface area contributed by atoms with Crippen LogP contribution >= 0.6 is 0 Å². The van der Waals surface area contributed by atoms with Gasteiger partial charge >= 0.3 is 0 Å². The maximum Gasteiger partial charge on any atom is 0.153 e. The number of hydrogen-bond acceptors (Lipinski definition) is 3. The highest BCUT2D eigenvalue weighted by molar-refractivity contribution is 5.69. The number of pyridine rings is 1. The number of rotatable bonds is 0. The van der Waals surface area contributed by atoms with Gasteiger partial charge in [-0.1, -0.05) is 0 Å². The molecule has 0 bridgehead atoms. The van der Waals surface area contributed by atoms with Crippen LogP contribution in [0.4, 0.5) is 11.5 Å². The lowest BCUT2D eigenvalue weighted by atomic mass is 10.4. The van der Waals surface area contributed by atoms with E-state index in [0.29, 0.717) is 0 Å². The van der Waals surface area contributed by atoms with Crippen molar-refractivity contribution in [1.82, 2.24) is 4.98 Å². The SMILES string of the molecule is CN1CNc2cccnc21. The zero-order chi connectivity index (χ0) is 6.97. The van der Waals surface area contributed by atoms with Gasteiger partial charge in [-0.2, -0.15) is 0 Å². The second kappa shape index (κ2) is 1.87. The van der Waals surface area contributed by atoms with Crippen LogP contribution in [-0.4, -0.2) is 18.7 Å². The molecule has 52 valence electrons. The van der Waals surface area contributed by atoms with Crippen LogP contribution in [0.3, 0.4) is 0 Å². The monoisotopic (exact) mass is 135 g/mol. The Balaban J connectivity index is 2.51. The first-order valence-corrected chi connectivity index (χ1v) is 3.28. The number of hydrogen-bond donors (Lipinski definition) is 1. The van der Waals surface area contributed by atoms with Crippen molar-refractivity contribution in [2.24, 2.45) is 0 Å². The van der Waals surface area contributed by atoms with Crippen molar-refractivity contribution in [1.29, 1.82) is 0 Å². The van der Waals surface area contributed by atoms with Gasteiger partial charge in [0.05, 0.1) is 12.4 Å². The normalized spacial score (nSPS) is 14.7. The lowest BCUT2D eigenvalue weighted by molar-refractivity contribution is 1.01. The van der Waals surface area contributed by atoms with E-state index in [4.69, 9.17) is 0 Å². The van der Waals surface area contributed by atoms with Crippen molar-refractivity contribution < 1.29 is 0 Å². The third kappa shape index (κ3) is 0.635. The molecule has 0 aliphatic carbocycles. The summed E-state index contributed by atoms with van der Waals surface area (Å²) in [5.41, 5.74) is 1.13. The van der Waals surface area contributed by atoms with E-state index in [1.165, 1.54) is 0 Å². The van der Waals surface area contributed by atoms with Crippen molar-refractivity contribution in [3.63, 3.8) is 0 Å². The fraction of sp³-hybridized carbons (Fsp3) is 0.286. The largest absolute Gasteiger partial charge is 0.365 e. The minimum absolute atomic E-state index is 0.867. The molecular weight excluding hydrogens is 126 g/mol. The van der Waals surface area contributed by atoms with E-state index in [9.17, 15) is 0 Å². The smallest absolute Gasteiger partial charge is 0.153 e. The van der Waals surface area contributed by atoms with Gasteiger partial charge in [-0.15, -0.1) is 0 Å². The second-order valence-corrected chi connectivity index (χ2v) is 2.41. The first-order valence-electron chi connectivity index (χ1n) is 3.28. The van der Waals surface area contributed by atoms with Crippen LogP contribution in [0.15, 0.2) is 18.3 Å². The Kier molecular flexibility index (Phi) is 1.03. The molecule has 0 spiro atoms. The van der Waals surface area contributed by atoms with E-state index in [0.717, 1.165) is 18.2 Å². The van der Waals surface area contributed by atoms with Gasteiger partial charge in [0, 0.05) is 13.2 Å². The Hall–Kier alpha value is -1.25. The molecule has 0 atom stereocenters. The van der Waals surface area contributed by atoms with Crippen molar-refractivity contribution in [2.75, 3.05) is 23.9 Å². The van der Waals surface area contributed by atoms with Crippen LogP contribution in [0.5, 0.6) is 0 Å². The summed E-state index contributed by atoms with van der Waals surface area (Å²) >= 11 is 0. The Labute approximate surface area is 59.7 Å². The summed E-state index contributed by atoms with van der Waals surface area (Å²) < 4.78 is 0. The standard InChI is InChI=1S/C7H9N3/c1-10-5-9-6-3-2-4-8-7(6)10/h2-4,9H,5H2,1H3. The molecule has 1 aromatic heterocycles. The van der Waals surface area contributed by atoms with E-state index >= 15 is 0 Å². The molecule has 1 aliphatic heterocycles. The number of aromatic nitrogens is 1. The Morgan fingerprint density at radius 1 is 1.70 bits per heavy atom. The van der Waals surface area contributed by atoms with Gasteiger partial charge in [0.1, 0.15) is 0 Å². The predicted octanol–water partition coefficient (Wildman–Crippen LogP) is 0.901.